The molecule has 6 aliphatic rings. The summed E-state index contributed by atoms with van der Waals surface area (Å²) in [6, 6.07) is 3.75. The highest BCUT2D eigenvalue weighted by Crippen LogP contribution is 2.60. The third-order valence-corrected chi connectivity index (χ3v) is 8.58. The van der Waals surface area contributed by atoms with Crippen molar-refractivity contribution in [2.75, 3.05) is 25.1 Å². The van der Waals surface area contributed by atoms with Crippen molar-refractivity contribution < 1.29 is 33.8 Å². The summed E-state index contributed by atoms with van der Waals surface area (Å²) >= 11 is 0. The van der Waals surface area contributed by atoms with Gasteiger partial charge in [-0.1, -0.05) is 0 Å². The van der Waals surface area contributed by atoms with Crippen LogP contribution in [0.5, 0.6) is 5.75 Å². The van der Waals surface area contributed by atoms with Crippen molar-refractivity contribution in [1.82, 2.24) is 4.90 Å². The van der Waals surface area contributed by atoms with Gasteiger partial charge in [-0.15, -0.1) is 0 Å². The maximum atomic E-state index is 13.8. The number of nitrogens with one attached hydrogen (secondary N) is 1. The zero-order valence-corrected chi connectivity index (χ0v) is 19.5. The molecule has 1 unspecified atom stereocenters. The predicted molar refractivity (Wildman–Crippen MR) is 123 cm³/mol. The molecule has 2 N–H and O–H groups in total. The number of rotatable bonds is 5. The molecule has 4 bridgehead atoms. The van der Waals surface area contributed by atoms with E-state index in [0.717, 1.165) is 19.3 Å². The molecule has 2 atom stereocenters. The van der Waals surface area contributed by atoms with Crippen LogP contribution in [0.25, 0.3) is 0 Å². The van der Waals surface area contributed by atoms with E-state index in [-0.39, 0.29) is 37.0 Å². The third-order valence-electron chi connectivity index (χ3n) is 8.58. The number of anilines is 1. The van der Waals surface area contributed by atoms with Gasteiger partial charge in [0.25, 0.3) is 5.91 Å². The first-order valence-electron chi connectivity index (χ1n) is 12.6. The Labute approximate surface area is 203 Å². The molecule has 0 radical (unpaired) electrons. The van der Waals surface area contributed by atoms with E-state index in [1.807, 2.05) is 0 Å². The van der Waals surface area contributed by atoms with E-state index < -0.39 is 35.9 Å². The minimum atomic E-state index is -0.880. The Morgan fingerprint density at radius 2 is 1.77 bits per heavy atom. The Kier molecular flexibility index (Phi) is 5.36. The summed E-state index contributed by atoms with van der Waals surface area (Å²) in [6.07, 6.45) is 5.60. The Morgan fingerprint density at radius 1 is 1.09 bits per heavy atom. The minimum absolute atomic E-state index is 0.0214. The Bertz CT molecular complexity index is 1060. The van der Waals surface area contributed by atoms with Gasteiger partial charge in [0.15, 0.2) is 19.0 Å². The minimum Gasteiger partial charge on any atom is -0.482 e. The molecule has 9 heteroatoms. The van der Waals surface area contributed by atoms with Crippen LogP contribution in [0.15, 0.2) is 18.2 Å². The lowest BCUT2D eigenvalue weighted by Crippen LogP contribution is -2.56. The molecule has 1 saturated heterocycles. The van der Waals surface area contributed by atoms with E-state index in [1.165, 1.54) is 30.2 Å². The standard InChI is InChI=1S/C26H30N2O7/c29-18-7-20(28(11-18)25(33)26-8-14-3-15(9-26)5-16(4-14)10-26)24(32)35-12-21(30)17-1-2-22-19(6-17)27-23(31)13-34-22/h1-2,6,14-16,18,20,29H,3-5,7-13H2,(H,27,31)/t14?,15?,16?,18?,20-,26?/m0/s1. The smallest absolute Gasteiger partial charge is 0.329 e. The first-order chi connectivity index (χ1) is 16.8. The number of carbonyl (C=O) groups is 4. The van der Waals surface area contributed by atoms with Crippen LogP contribution in [0.3, 0.4) is 0 Å². The van der Waals surface area contributed by atoms with Crippen LogP contribution in [0.2, 0.25) is 0 Å². The molecule has 35 heavy (non-hydrogen) atoms. The van der Waals surface area contributed by atoms with Gasteiger partial charge in [-0.05, 0) is 74.5 Å². The third kappa shape index (κ3) is 3.99. The van der Waals surface area contributed by atoms with Gasteiger partial charge in [-0.2, -0.15) is 0 Å². The number of aliphatic hydroxyl groups excluding tert-OH is 1. The molecule has 7 rings (SSSR count). The lowest BCUT2D eigenvalue weighted by Gasteiger charge is -2.56. The van der Waals surface area contributed by atoms with Crippen LogP contribution in [0.4, 0.5) is 5.69 Å². The van der Waals surface area contributed by atoms with Gasteiger partial charge in [-0.25, -0.2) is 4.79 Å². The molecular weight excluding hydrogens is 452 g/mol. The number of aliphatic hydroxyl groups is 1. The summed E-state index contributed by atoms with van der Waals surface area (Å²) in [5.74, 6) is 0.814. The van der Waals surface area contributed by atoms with Crippen molar-refractivity contribution in [1.29, 1.82) is 0 Å². The predicted octanol–water partition coefficient (Wildman–Crippen LogP) is 1.92. The summed E-state index contributed by atoms with van der Waals surface area (Å²) in [6.45, 7) is -0.444. The average Bonchev–Trinajstić information content (AvgIpc) is 3.22. The van der Waals surface area contributed by atoms with Gasteiger partial charge in [0.1, 0.15) is 11.8 Å². The van der Waals surface area contributed by atoms with E-state index in [9.17, 15) is 24.3 Å². The number of hydrogen-bond donors (Lipinski definition) is 2. The van der Waals surface area contributed by atoms with E-state index >= 15 is 0 Å². The fourth-order valence-corrected chi connectivity index (χ4v) is 7.51. The molecule has 5 fully saturated rings. The summed E-state index contributed by atoms with van der Waals surface area (Å²) < 4.78 is 10.6. The maximum Gasteiger partial charge on any atom is 0.329 e. The molecule has 186 valence electrons. The molecule has 4 aliphatic carbocycles. The number of esters is 1. The normalized spacial score (nSPS) is 34.7. The van der Waals surface area contributed by atoms with Gasteiger partial charge >= 0.3 is 5.97 Å². The fraction of sp³-hybridized carbons (Fsp3) is 0.615. The summed E-state index contributed by atoms with van der Waals surface area (Å²) in [4.78, 5) is 52.5. The second kappa shape index (κ2) is 8.33. The summed E-state index contributed by atoms with van der Waals surface area (Å²) in [5.41, 5.74) is 0.253. The topological polar surface area (TPSA) is 122 Å². The lowest BCUT2D eigenvalue weighted by molar-refractivity contribution is -0.165. The zero-order valence-electron chi connectivity index (χ0n) is 19.5. The Hall–Kier alpha value is -2.94. The van der Waals surface area contributed by atoms with E-state index in [2.05, 4.69) is 5.32 Å². The number of Topliss-reactive ketones (excluding diaryl/α,β-unsaturated/α-hetero) is 1. The van der Waals surface area contributed by atoms with Gasteiger partial charge in [0, 0.05) is 18.5 Å². The summed E-state index contributed by atoms with van der Waals surface area (Å²) in [7, 11) is 0. The SMILES string of the molecule is O=C1COc2ccc(C(=O)COC(=O)[C@@H]3CC(O)CN3C(=O)C34CC5CC(CC(C5)C3)C4)cc2N1. The largest absolute Gasteiger partial charge is 0.482 e. The van der Waals surface area contributed by atoms with E-state index in [0.29, 0.717) is 29.2 Å². The average molecular weight is 483 g/mol. The van der Waals surface area contributed by atoms with Crippen molar-refractivity contribution in [2.24, 2.45) is 23.2 Å². The number of fused-ring (bicyclic) bond motifs is 1. The maximum absolute atomic E-state index is 13.8. The molecule has 2 amide bonds. The highest BCUT2D eigenvalue weighted by atomic mass is 16.5. The Morgan fingerprint density at radius 3 is 2.46 bits per heavy atom. The number of β-amino-alcohol motifs (C(OH)–C–C–N with tert-alkyl or cyclic N) is 1. The number of likely N-dealkylation sites (tertiary alicyclic amines) is 1. The van der Waals surface area contributed by atoms with Gasteiger partial charge in [0.2, 0.25) is 5.91 Å². The quantitative estimate of drug-likeness (QED) is 0.486. The molecule has 2 heterocycles. The number of benzene rings is 1. The molecular formula is C26H30N2O7. The molecule has 1 aromatic carbocycles. The number of ether oxygens (including phenoxy) is 2. The van der Waals surface area contributed by atoms with Crippen molar-refractivity contribution in [3.63, 3.8) is 0 Å². The number of ketones is 1. The zero-order chi connectivity index (χ0) is 24.3. The van der Waals surface area contributed by atoms with Crippen LogP contribution < -0.4 is 10.1 Å². The van der Waals surface area contributed by atoms with E-state index in [4.69, 9.17) is 9.47 Å². The molecule has 0 aromatic heterocycles. The highest BCUT2D eigenvalue weighted by Gasteiger charge is 2.57. The van der Waals surface area contributed by atoms with Crippen LogP contribution in [-0.2, 0) is 19.1 Å². The summed E-state index contributed by atoms with van der Waals surface area (Å²) in [5, 5.41) is 13.0. The highest BCUT2D eigenvalue weighted by molar-refractivity contribution is 6.02. The van der Waals surface area contributed by atoms with Gasteiger partial charge in [0.05, 0.1) is 17.2 Å². The first-order valence-corrected chi connectivity index (χ1v) is 12.6. The molecule has 4 saturated carbocycles. The lowest BCUT2D eigenvalue weighted by atomic mass is 9.49. The van der Waals surface area contributed by atoms with Crippen LogP contribution in [0, 0.1) is 23.2 Å². The molecule has 9 nitrogen and oxygen atoms in total. The number of amides is 2. The van der Waals surface area contributed by atoms with Crippen LogP contribution >= 0.6 is 0 Å². The molecule has 1 aromatic rings. The number of nitrogens with zero attached hydrogens (tertiary/aromatic N) is 1. The van der Waals surface area contributed by atoms with Crippen molar-refractivity contribution in [3.05, 3.63) is 23.8 Å². The van der Waals surface area contributed by atoms with Gasteiger partial charge < -0.3 is 24.8 Å². The van der Waals surface area contributed by atoms with E-state index in [1.54, 1.807) is 12.1 Å². The number of carbonyl (C=O) groups excluding carboxylic acids is 4. The van der Waals surface area contributed by atoms with Crippen LogP contribution in [-0.4, -0.2) is 65.5 Å². The fourth-order valence-electron chi connectivity index (χ4n) is 7.51. The van der Waals surface area contributed by atoms with Gasteiger partial charge in [-0.3, -0.25) is 14.4 Å². The molecule has 0 spiro atoms. The first kappa shape index (κ1) is 22.5. The molecule has 2 aliphatic heterocycles. The van der Waals surface area contributed by atoms with Crippen LogP contribution in [0.1, 0.15) is 55.3 Å². The second-order valence-corrected chi connectivity index (χ2v) is 11.1. The van der Waals surface area contributed by atoms with Crippen molar-refractivity contribution >= 4 is 29.3 Å². The number of hydrogen-bond acceptors (Lipinski definition) is 7. The van der Waals surface area contributed by atoms with Crippen molar-refractivity contribution in [3.8, 4) is 5.75 Å². The Balaban J connectivity index is 1.12. The second-order valence-electron chi connectivity index (χ2n) is 11.1. The monoisotopic (exact) mass is 482 g/mol. The van der Waals surface area contributed by atoms with Crippen molar-refractivity contribution in [2.45, 2.75) is 57.1 Å².